The van der Waals surface area contributed by atoms with Crippen LogP contribution in [-0.2, 0) is 16.1 Å². The Kier molecular flexibility index (Phi) is 11.1. The molecule has 1 unspecified atom stereocenters. The van der Waals surface area contributed by atoms with Gasteiger partial charge in [0.25, 0.3) is 11.8 Å². The minimum Gasteiger partial charge on any atom is -0.490 e. The molecule has 9 rings (SSSR count). The molecule has 1 aromatic heterocycles. The van der Waals surface area contributed by atoms with E-state index in [0.717, 1.165) is 103 Å². The van der Waals surface area contributed by atoms with Crippen molar-refractivity contribution in [2.45, 2.75) is 88.9 Å². The van der Waals surface area contributed by atoms with E-state index in [0.29, 0.717) is 44.8 Å². The number of piperidine rings is 3. The predicted molar refractivity (Wildman–Crippen MR) is 220 cm³/mol. The lowest BCUT2D eigenvalue weighted by Gasteiger charge is -2.55. The van der Waals surface area contributed by atoms with Crippen LogP contribution in [0.1, 0.15) is 96.2 Å². The second-order valence-electron chi connectivity index (χ2n) is 17.5. The molecule has 4 amide bonds. The third-order valence-corrected chi connectivity index (χ3v) is 13.9. The minimum absolute atomic E-state index is 0.0217. The molecule has 0 radical (unpaired) electrons. The molecule has 16 heteroatoms. The first-order chi connectivity index (χ1) is 29.0. The van der Waals surface area contributed by atoms with Crippen molar-refractivity contribution in [2.75, 3.05) is 55.6 Å². The van der Waals surface area contributed by atoms with E-state index >= 15 is 4.39 Å². The molecule has 1 atom stereocenters. The highest BCUT2D eigenvalue weighted by molar-refractivity contribution is 6.31. The van der Waals surface area contributed by atoms with Gasteiger partial charge in [-0.15, -0.1) is 0 Å². The van der Waals surface area contributed by atoms with E-state index in [2.05, 4.69) is 41.4 Å². The van der Waals surface area contributed by atoms with Gasteiger partial charge in [-0.1, -0.05) is 11.6 Å². The second-order valence-corrected chi connectivity index (χ2v) is 17.9. The standard InChI is InChI=1S/C44H49ClFN9O5/c45-34-18-32(4-1-28(34)20-47)60-31-5-2-30(3-6-31)50-41(57)36-21-49-39(22-48-36)54-13-9-27(10-14-54)23-52-25-44(26-52)11-15-53(16-12-44)38-19-33-29(17-35(38)46)24-55(43(33)59)37-7-8-40(56)51-42(37)58/h1,4,17-19,21-22,27,30-31,37H,2-3,5-16,23-26H2,(H,50,57)(H,51,56,58). The third kappa shape index (κ3) is 8.24. The van der Waals surface area contributed by atoms with Crippen LogP contribution in [0.15, 0.2) is 42.7 Å². The fraction of sp³-hybridized carbons (Fsp3) is 0.523. The number of hydrogen-bond donors (Lipinski definition) is 2. The highest BCUT2D eigenvalue weighted by Gasteiger charge is 2.46. The summed E-state index contributed by atoms with van der Waals surface area (Å²) in [5, 5.41) is 14.9. The van der Waals surface area contributed by atoms with E-state index in [1.807, 2.05) is 0 Å². The summed E-state index contributed by atoms with van der Waals surface area (Å²) in [6.45, 7) is 6.55. The molecular formula is C44H49ClFN9O5. The number of aromatic nitrogens is 2. The number of imide groups is 1. The first-order valence-corrected chi connectivity index (χ1v) is 21.6. The van der Waals surface area contributed by atoms with Gasteiger partial charge in [-0.3, -0.25) is 24.5 Å². The summed E-state index contributed by atoms with van der Waals surface area (Å²) in [6.07, 6.45) is 11.0. The molecule has 1 saturated carbocycles. The molecule has 6 aliphatic rings. The molecule has 314 valence electrons. The van der Waals surface area contributed by atoms with Crippen LogP contribution in [0.5, 0.6) is 5.75 Å². The summed E-state index contributed by atoms with van der Waals surface area (Å²) in [5.41, 5.74) is 2.43. The zero-order chi connectivity index (χ0) is 41.5. The van der Waals surface area contributed by atoms with Crippen LogP contribution < -0.4 is 25.2 Å². The number of anilines is 2. The van der Waals surface area contributed by atoms with Crippen LogP contribution in [-0.4, -0.2) is 107 Å². The first kappa shape index (κ1) is 40.1. The third-order valence-electron chi connectivity index (χ3n) is 13.6. The normalized spacial score (nSPS) is 24.4. The molecule has 0 bridgehead atoms. The van der Waals surface area contributed by atoms with Crippen molar-refractivity contribution in [3.63, 3.8) is 0 Å². The van der Waals surface area contributed by atoms with E-state index in [9.17, 15) is 19.2 Å². The minimum atomic E-state index is -0.721. The van der Waals surface area contributed by atoms with Crippen molar-refractivity contribution in [2.24, 2.45) is 11.3 Å². The number of likely N-dealkylation sites (tertiary alicyclic amines) is 1. The molecule has 14 nitrogen and oxygen atoms in total. The number of fused-ring (bicyclic) bond motifs is 1. The van der Waals surface area contributed by atoms with Crippen LogP contribution in [0.2, 0.25) is 5.02 Å². The van der Waals surface area contributed by atoms with E-state index in [-0.39, 0.29) is 60.5 Å². The molecule has 3 aromatic rings. The summed E-state index contributed by atoms with van der Waals surface area (Å²) < 4.78 is 21.6. The number of halogens is 2. The number of amides is 4. The Morgan fingerprint density at radius 2 is 1.73 bits per heavy atom. The van der Waals surface area contributed by atoms with E-state index in [1.54, 1.807) is 36.7 Å². The van der Waals surface area contributed by atoms with Gasteiger partial charge in [-0.2, -0.15) is 5.26 Å². The number of nitriles is 1. The number of nitrogens with zero attached hydrogens (tertiary/aromatic N) is 7. The number of hydrogen-bond acceptors (Lipinski definition) is 11. The van der Waals surface area contributed by atoms with Crippen LogP contribution in [0.4, 0.5) is 15.9 Å². The summed E-state index contributed by atoms with van der Waals surface area (Å²) in [5.74, 6) is 0.369. The fourth-order valence-corrected chi connectivity index (χ4v) is 10.3. The van der Waals surface area contributed by atoms with Crippen LogP contribution in [0, 0.1) is 28.5 Å². The van der Waals surface area contributed by atoms with Crippen molar-refractivity contribution >= 4 is 46.7 Å². The molecular weight excluding hydrogens is 789 g/mol. The van der Waals surface area contributed by atoms with Gasteiger partial charge in [0.05, 0.1) is 34.8 Å². The van der Waals surface area contributed by atoms with Crippen molar-refractivity contribution in [3.8, 4) is 11.8 Å². The number of rotatable bonds is 9. The van der Waals surface area contributed by atoms with Crippen molar-refractivity contribution in [1.29, 1.82) is 5.26 Å². The van der Waals surface area contributed by atoms with Gasteiger partial charge in [-0.25, -0.2) is 14.4 Å². The SMILES string of the molecule is N#Cc1ccc(OC2CCC(NC(=O)c3cnc(N4CCC(CN5CC6(CCN(c7cc8c(cc7F)CN(C7CCC(=O)NC7=O)C8=O)CC6)C5)CC4)cn3)CC2)cc1Cl. The van der Waals surface area contributed by atoms with Gasteiger partial charge in [0.15, 0.2) is 0 Å². The molecule has 2 aromatic carbocycles. The number of ether oxygens (including phenoxy) is 1. The lowest BCUT2D eigenvalue weighted by molar-refractivity contribution is -0.136. The van der Waals surface area contributed by atoms with Crippen molar-refractivity contribution in [3.05, 3.63) is 75.9 Å². The number of nitrogens with one attached hydrogen (secondary N) is 2. The molecule has 6 heterocycles. The van der Waals surface area contributed by atoms with E-state index in [1.165, 1.54) is 11.0 Å². The Morgan fingerprint density at radius 1 is 0.967 bits per heavy atom. The smallest absolute Gasteiger partial charge is 0.271 e. The molecule has 4 saturated heterocycles. The molecule has 5 fully saturated rings. The Hall–Kier alpha value is -5.33. The highest BCUT2D eigenvalue weighted by atomic mass is 35.5. The lowest BCUT2D eigenvalue weighted by Crippen LogP contribution is -2.61. The highest BCUT2D eigenvalue weighted by Crippen LogP contribution is 2.43. The zero-order valence-corrected chi connectivity index (χ0v) is 34.3. The van der Waals surface area contributed by atoms with Crippen LogP contribution in [0.25, 0.3) is 0 Å². The predicted octanol–water partition coefficient (Wildman–Crippen LogP) is 4.84. The Balaban J connectivity index is 0.685. The summed E-state index contributed by atoms with van der Waals surface area (Å²) in [4.78, 5) is 67.9. The molecule has 5 aliphatic heterocycles. The van der Waals surface area contributed by atoms with Gasteiger partial charge in [0.2, 0.25) is 11.8 Å². The Bertz CT molecular complexity index is 2200. The van der Waals surface area contributed by atoms with Crippen molar-refractivity contribution < 1.29 is 28.3 Å². The maximum absolute atomic E-state index is 15.5. The van der Waals surface area contributed by atoms with Gasteiger partial charge in [0, 0.05) is 76.5 Å². The van der Waals surface area contributed by atoms with Crippen LogP contribution >= 0.6 is 11.6 Å². The van der Waals surface area contributed by atoms with Gasteiger partial charge in [0.1, 0.15) is 35.2 Å². The average molecular weight is 838 g/mol. The summed E-state index contributed by atoms with van der Waals surface area (Å²) >= 11 is 6.15. The van der Waals surface area contributed by atoms with Crippen LogP contribution in [0.3, 0.4) is 0 Å². The van der Waals surface area contributed by atoms with Gasteiger partial charge >= 0.3 is 0 Å². The monoisotopic (exact) mass is 837 g/mol. The molecule has 1 spiro atoms. The molecule has 60 heavy (non-hydrogen) atoms. The Labute approximate surface area is 353 Å². The number of carbonyl (C=O) groups excluding carboxylic acids is 4. The van der Waals surface area contributed by atoms with Gasteiger partial charge in [-0.05, 0) is 98.9 Å². The largest absolute Gasteiger partial charge is 0.490 e. The topological polar surface area (TPSA) is 164 Å². The van der Waals surface area contributed by atoms with E-state index in [4.69, 9.17) is 21.6 Å². The van der Waals surface area contributed by atoms with Crippen molar-refractivity contribution in [1.82, 2.24) is 30.4 Å². The zero-order valence-electron chi connectivity index (χ0n) is 33.5. The summed E-state index contributed by atoms with van der Waals surface area (Å²) in [7, 11) is 0. The molecule has 1 aliphatic carbocycles. The molecule has 2 N–H and O–H groups in total. The fourth-order valence-electron chi connectivity index (χ4n) is 10.1. The van der Waals surface area contributed by atoms with E-state index < -0.39 is 11.9 Å². The maximum Gasteiger partial charge on any atom is 0.271 e. The lowest BCUT2D eigenvalue weighted by atomic mass is 9.71. The second kappa shape index (κ2) is 16.6. The average Bonchev–Trinajstić information content (AvgIpc) is 3.55. The maximum atomic E-state index is 15.5. The number of carbonyl (C=O) groups is 4. The Morgan fingerprint density at radius 3 is 2.42 bits per heavy atom. The number of benzene rings is 2. The summed E-state index contributed by atoms with van der Waals surface area (Å²) in [6, 6.07) is 9.57. The quantitative estimate of drug-likeness (QED) is 0.284. The first-order valence-electron chi connectivity index (χ1n) is 21.2. The van der Waals surface area contributed by atoms with Gasteiger partial charge < -0.3 is 29.7 Å².